The van der Waals surface area contributed by atoms with Gasteiger partial charge in [-0.3, -0.25) is 0 Å². The summed E-state index contributed by atoms with van der Waals surface area (Å²) in [4.78, 5) is 23.6. The van der Waals surface area contributed by atoms with Gasteiger partial charge in [0, 0.05) is 0 Å². The van der Waals surface area contributed by atoms with Crippen molar-refractivity contribution in [3.63, 3.8) is 0 Å². The van der Waals surface area contributed by atoms with Crippen molar-refractivity contribution in [2.45, 2.75) is 14.8 Å². The summed E-state index contributed by atoms with van der Waals surface area (Å²) in [5, 5.41) is 9.15. The zero-order valence-electron chi connectivity index (χ0n) is 11.5. The average molecular weight is 376 g/mol. The van der Waals surface area contributed by atoms with Crippen LogP contribution in [-0.4, -0.2) is 52.0 Å². The van der Waals surface area contributed by atoms with Crippen molar-refractivity contribution in [1.82, 2.24) is 0 Å². The van der Waals surface area contributed by atoms with Crippen molar-refractivity contribution < 1.29 is 19.4 Å². The van der Waals surface area contributed by atoms with E-state index in [9.17, 15) is 9.59 Å². The van der Waals surface area contributed by atoms with Gasteiger partial charge in [-0.15, -0.1) is 0 Å². The number of carboxylic acids is 1. The molecule has 1 N–H and O–H groups in total. The van der Waals surface area contributed by atoms with Crippen LogP contribution in [0.25, 0.3) is 0 Å². The molecule has 1 aromatic rings. The van der Waals surface area contributed by atoms with Crippen LogP contribution in [0, 0.1) is 0 Å². The van der Waals surface area contributed by atoms with Crippen molar-refractivity contribution >= 4 is 33.2 Å². The standard InChI is InChI=1S/C12H10O3.C3H7O.In/c1-3-8(2)11(13)9-6-4-5-7-10(9)12(14)15;1-3-4-2;/h2,4-7H,1,3H2,(H,14,15);1,3H2,2H3;. The number of carbonyl (C=O) groups excluding carboxylic acids is 1. The third-order valence-corrected chi connectivity index (χ3v) is 11.8. The van der Waals surface area contributed by atoms with Gasteiger partial charge in [-0.05, 0) is 0 Å². The average Bonchev–Trinajstić information content (AvgIpc) is 2.93. The molecule has 0 atom stereocenters. The van der Waals surface area contributed by atoms with Gasteiger partial charge in [-0.1, -0.05) is 0 Å². The molecule has 0 saturated heterocycles. The number of carbonyl (C=O) groups is 2. The summed E-state index contributed by atoms with van der Waals surface area (Å²) in [5.41, 5.74) is 1.22. The van der Waals surface area contributed by atoms with Crippen molar-refractivity contribution in [2.75, 3.05) is 13.7 Å². The molecule has 20 heavy (non-hydrogen) atoms. The van der Waals surface area contributed by atoms with Crippen LogP contribution in [0.4, 0.5) is 0 Å². The van der Waals surface area contributed by atoms with Gasteiger partial charge in [0.05, 0.1) is 0 Å². The van der Waals surface area contributed by atoms with E-state index in [-0.39, 0.29) is 11.3 Å². The molecule has 2 rings (SSSR count). The van der Waals surface area contributed by atoms with Crippen LogP contribution in [0.15, 0.2) is 33.7 Å². The van der Waals surface area contributed by atoms with Crippen molar-refractivity contribution in [1.29, 1.82) is 0 Å². The van der Waals surface area contributed by atoms with Crippen molar-refractivity contribution in [3.8, 4) is 0 Å². The molecule has 0 radical (unpaired) electrons. The van der Waals surface area contributed by atoms with Crippen LogP contribution >= 0.6 is 0 Å². The molecule has 5 heteroatoms. The zero-order valence-corrected chi connectivity index (χ0v) is 14.8. The Labute approximate surface area is 126 Å². The van der Waals surface area contributed by atoms with Crippen LogP contribution in [-0.2, 0) is 4.74 Å². The van der Waals surface area contributed by atoms with E-state index in [2.05, 4.69) is 3.83 Å². The maximum absolute atomic E-state index is 12.5. The van der Waals surface area contributed by atoms with Gasteiger partial charge < -0.3 is 0 Å². The van der Waals surface area contributed by atoms with Gasteiger partial charge in [0.1, 0.15) is 0 Å². The molecule has 1 heterocycles. The second-order valence-electron chi connectivity index (χ2n) is 4.95. The van der Waals surface area contributed by atoms with E-state index in [0.29, 0.717) is 5.56 Å². The molecule has 0 aliphatic carbocycles. The second-order valence-corrected chi connectivity index (χ2v) is 13.5. The Balaban J connectivity index is 2.18. The Morgan fingerprint density at radius 1 is 1.30 bits per heavy atom. The van der Waals surface area contributed by atoms with Crippen LogP contribution in [0.3, 0.4) is 0 Å². The topological polar surface area (TPSA) is 63.6 Å². The third-order valence-electron chi connectivity index (χ3n) is 3.61. The number of allylic oxidation sites excluding steroid dienone is 1. The molecule has 4 nitrogen and oxygen atoms in total. The predicted octanol–water partition coefficient (Wildman–Crippen LogP) is 2.58. The van der Waals surface area contributed by atoms with Gasteiger partial charge in [0.25, 0.3) is 0 Å². The maximum atomic E-state index is 12.5. The summed E-state index contributed by atoms with van der Waals surface area (Å²) in [6, 6.07) is 6.44. The van der Waals surface area contributed by atoms with Gasteiger partial charge in [0.2, 0.25) is 0 Å². The van der Waals surface area contributed by atoms with Gasteiger partial charge in [0.15, 0.2) is 0 Å². The summed E-state index contributed by atoms with van der Waals surface area (Å²) in [6.45, 7) is 0.768. The molecule has 0 bridgehead atoms. The monoisotopic (exact) mass is 376 g/mol. The molecule has 104 valence electrons. The molecule has 0 unspecified atom stereocenters. The normalized spacial score (nSPS) is 14.2. The Morgan fingerprint density at radius 3 is 2.65 bits per heavy atom. The SMILES string of the molecule is COC[CH2][In]1[CH]=C(C(=O)c2ccccc2C(=O)O)C[CH2]1. The summed E-state index contributed by atoms with van der Waals surface area (Å²) in [6.07, 6.45) is 0.803. The number of methoxy groups -OCH3 is 1. The fraction of sp³-hybridized carbons (Fsp3) is 0.333. The molecule has 1 aliphatic rings. The molecule has 0 fully saturated rings. The number of hydrogen-bond donors (Lipinski definition) is 1. The molecule has 0 amide bonds. The molecule has 0 spiro atoms. The van der Waals surface area contributed by atoms with Crippen molar-refractivity contribution in [3.05, 3.63) is 44.8 Å². The number of Topliss-reactive ketones (excluding diaryl/α,β-unsaturated/α-hetero) is 1. The van der Waals surface area contributed by atoms with E-state index in [1.165, 1.54) is 6.07 Å². The number of ether oxygens (including phenoxy) is 1. The first kappa shape index (κ1) is 15.3. The number of ketones is 1. The Hall–Kier alpha value is -1.07. The van der Waals surface area contributed by atoms with E-state index in [0.717, 1.165) is 27.0 Å². The summed E-state index contributed by atoms with van der Waals surface area (Å²) in [7, 11) is 1.69. The van der Waals surface area contributed by atoms with Crippen LogP contribution in [0.2, 0.25) is 8.35 Å². The van der Waals surface area contributed by atoms with Gasteiger partial charge >= 0.3 is 126 Å². The number of benzene rings is 1. The fourth-order valence-electron chi connectivity index (χ4n) is 2.52. The quantitative estimate of drug-likeness (QED) is 0.776. The Bertz CT molecular complexity index is 551. The minimum atomic E-state index is -1.74. The van der Waals surface area contributed by atoms with E-state index < -0.39 is 27.4 Å². The number of carboxylic acid groups (broad SMARTS) is 1. The van der Waals surface area contributed by atoms with Gasteiger partial charge in [-0.2, -0.15) is 0 Å². The fourth-order valence-corrected chi connectivity index (χ4v) is 10.3. The minimum absolute atomic E-state index is 0.0916. The van der Waals surface area contributed by atoms with E-state index in [4.69, 9.17) is 9.84 Å². The first-order valence-corrected chi connectivity index (χ1v) is 13.3. The third kappa shape index (κ3) is 3.52. The number of aromatic carboxylic acids is 1. The first-order valence-electron chi connectivity index (χ1n) is 6.70. The molecule has 0 aromatic heterocycles. The molecular weight excluding hydrogens is 359 g/mol. The van der Waals surface area contributed by atoms with E-state index in [1.54, 1.807) is 25.3 Å². The second kappa shape index (κ2) is 7.09. The molecule has 1 aliphatic heterocycles. The first-order chi connectivity index (χ1) is 9.63. The van der Waals surface area contributed by atoms with E-state index >= 15 is 0 Å². The van der Waals surface area contributed by atoms with Crippen LogP contribution < -0.4 is 0 Å². The predicted molar refractivity (Wildman–Crippen MR) is 77.7 cm³/mol. The van der Waals surface area contributed by atoms with Crippen LogP contribution in [0.5, 0.6) is 0 Å². The number of hydrogen-bond acceptors (Lipinski definition) is 3. The summed E-state index contributed by atoms with van der Waals surface area (Å²) in [5.74, 6) is -1.16. The molecular formula is C15H17InO4. The Kier molecular flexibility index (Phi) is 5.43. The zero-order chi connectivity index (χ0) is 14.5. The summed E-state index contributed by atoms with van der Waals surface area (Å²) >= 11 is -1.74. The van der Waals surface area contributed by atoms with Crippen LogP contribution in [0.1, 0.15) is 27.1 Å². The number of rotatable bonds is 6. The van der Waals surface area contributed by atoms with Gasteiger partial charge in [-0.25, -0.2) is 0 Å². The Morgan fingerprint density at radius 2 is 2.00 bits per heavy atom. The van der Waals surface area contributed by atoms with Crippen molar-refractivity contribution in [2.24, 2.45) is 0 Å². The summed E-state index contributed by atoms with van der Waals surface area (Å²) < 4.78 is 9.52. The molecule has 0 saturated carbocycles. The van der Waals surface area contributed by atoms with E-state index in [1.807, 2.05) is 0 Å². The molecule has 1 aromatic carbocycles.